The first kappa shape index (κ1) is 20.1. The predicted molar refractivity (Wildman–Crippen MR) is 111 cm³/mol. The molecular weight excluding hydrogens is 352 g/mol. The zero-order valence-corrected chi connectivity index (χ0v) is 17.5. The maximum Gasteiger partial charge on any atom is 0.225 e. The molecular formula is C22H30N4O2. The number of hydrogen-bond acceptors (Lipinski definition) is 5. The Bertz CT molecular complexity index is 818. The summed E-state index contributed by atoms with van der Waals surface area (Å²) in [6.45, 7) is 4.71. The topological polar surface area (TPSA) is 58.6 Å². The third-order valence-electron chi connectivity index (χ3n) is 5.20. The molecule has 0 spiro atoms. The molecule has 2 heterocycles. The lowest BCUT2D eigenvalue weighted by molar-refractivity contribution is -0.138. The maximum absolute atomic E-state index is 12.9. The summed E-state index contributed by atoms with van der Waals surface area (Å²) in [5.74, 6) is 1.63. The highest BCUT2D eigenvalue weighted by Gasteiger charge is 2.32. The van der Waals surface area contributed by atoms with Crippen LogP contribution in [0.25, 0.3) is 11.1 Å². The molecule has 28 heavy (non-hydrogen) atoms. The Hall–Kier alpha value is -2.63. The molecule has 1 atom stereocenters. The van der Waals surface area contributed by atoms with E-state index in [1.54, 1.807) is 7.11 Å². The molecule has 1 aromatic heterocycles. The fraction of sp³-hybridized carbons (Fsp3) is 0.500. The highest BCUT2D eigenvalue weighted by atomic mass is 16.5. The molecule has 1 fully saturated rings. The highest BCUT2D eigenvalue weighted by Crippen LogP contribution is 2.37. The number of hydrogen-bond donors (Lipinski definition) is 0. The minimum atomic E-state index is -0.0276. The van der Waals surface area contributed by atoms with Gasteiger partial charge in [-0.05, 0) is 37.0 Å². The van der Waals surface area contributed by atoms with Gasteiger partial charge >= 0.3 is 0 Å². The van der Waals surface area contributed by atoms with Gasteiger partial charge in [0.2, 0.25) is 11.9 Å². The van der Waals surface area contributed by atoms with Crippen molar-refractivity contribution >= 4 is 11.9 Å². The number of carbonyl (C=O) groups excluding carboxylic acids is 1. The number of aromatic nitrogens is 2. The Labute approximate surface area is 167 Å². The van der Waals surface area contributed by atoms with Gasteiger partial charge in [-0.15, -0.1) is 0 Å². The van der Waals surface area contributed by atoms with Gasteiger partial charge in [0.1, 0.15) is 5.75 Å². The Morgan fingerprint density at radius 3 is 2.54 bits per heavy atom. The van der Waals surface area contributed by atoms with E-state index in [0.717, 1.165) is 48.4 Å². The van der Waals surface area contributed by atoms with Crippen molar-refractivity contribution in [1.82, 2.24) is 14.9 Å². The number of carbonyl (C=O) groups is 1. The monoisotopic (exact) mass is 382 g/mol. The molecule has 1 aliphatic heterocycles. The van der Waals surface area contributed by atoms with Crippen molar-refractivity contribution in [2.45, 2.75) is 39.2 Å². The summed E-state index contributed by atoms with van der Waals surface area (Å²) in [5, 5.41) is 0. The van der Waals surface area contributed by atoms with Crippen LogP contribution in [0.4, 0.5) is 5.95 Å². The van der Waals surface area contributed by atoms with E-state index >= 15 is 0 Å². The summed E-state index contributed by atoms with van der Waals surface area (Å²) in [4.78, 5) is 26.2. The van der Waals surface area contributed by atoms with Crippen LogP contribution in [0, 0.1) is 5.92 Å². The standard InChI is InChI=1S/C22H30N4O2/c1-15(2)21(27)26-13-7-6-8-19(26)20-18(14-23-22(24-20)25(3)4)16-9-11-17(28-5)12-10-16/h9-12,14-15,19H,6-8,13H2,1-5H3/t19-/m1/s1. The first-order valence-corrected chi connectivity index (χ1v) is 9.91. The number of likely N-dealkylation sites (tertiary alicyclic amines) is 1. The van der Waals surface area contributed by atoms with Crippen molar-refractivity contribution in [3.05, 3.63) is 36.2 Å². The number of nitrogens with zero attached hydrogens (tertiary/aromatic N) is 4. The largest absolute Gasteiger partial charge is 0.497 e. The van der Waals surface area contributed by atoms with Gasteiger partial charge in [0, 0.05) is 38.3 Å². The minimum absolute atomic E-state index is 0.0255. The van der Waals surface area contributed by atoms with E-state index in [-0.39, 0.29) is 17.9 Å². The van der Waals surface area contributed by atoms with E-state index in [1.165, 1.54) is 0 Å². The summed E-state index contributed by atoms with van der Waals surface area (Å²) in [5.41, 5.74) is 2.93. The third kappa shape index (κ3) is 4.11. The van der Waals surface area contributed by atoms with Crippen LogP contribution in [0.5, 0.6) is 5.75 Å². The first-order valence-electron chi connectivity index (χ1n) is 9.91. The molecule has 0 aliphatic carbocycles. The zero-order valence-electron chi connectivity index (χ0n) is 17.5. The molecule has 6 heteroatoms. The van der Waals surface area contributed by atoms with Gasteiger partial charge < -0.3 is 14.5 Å². The number of ether oxygens (including phenoxy) is 1. The molecule has 0 N–H and O–H groups in total. The summed E-state index contributed by atoms with van der Waals surface area (Å²) >= 11 is 0. The average Bonchev–Trinajstić information content (AvgIpc) is 2.72. The molecule has 1 amide bonds. The SMILES string of the molecule is COc1ccc(-c2cnc(N(C)C)nc2[C@H]2CCCCN2C(=O)C(C)C)cc1. The van der Waals surface area contributed by atoms with Crippen molar-refractivity contribution in [2.24, 2.45) is 5.92 Å². The molecule has 0 bridgehead atoms. The van der Waals surface area contributed by atoms with Gasteiger partial charge in [-0.1, -0.05) is 26.0 Å². The van der Waals surface area contributed by atoms with Crippen molar-refractivity contribution in [3.8, 4) is 16.9 Å². The van der Waals surface area contributed by atoms with Gasteiger partial charge in [0.25, 0.3) is 0 Å². The molecule has 150 valence electrons. The Morgan fingerprint density at radius 2 is 1.93 bits per heavy atom. The lowest BCUT2D eigenvalue weighted by Crippen LogP contribution is -2.41. The van der Waals surface area contributed by atoms with E-state index < -0.39 is 0 Å². The van der Waals surface area contributed by atoms with Gasteiger partial charge in [-0.25, -0.2) is 9.97 Å². The van der Waals surface area contributed by atoms with Crippen molar-refractivity contribution in [1.29, 1.82) is 0 Å². The van der Waals surface area contributed by atoms with Gasteiger partial charge in [-0.3, -0.25) is 4.79 Å². The number of rotatable bonds is 5. The van der Waals surface area contributed by atoms with Gasteiger partial charge in [0.05, 0.1) is 18.8 Å². The Kier molecular flexibility index (Phi) is 6.17. The Balaban J connectivity index is 2.09. The third-order valence-corrected chi connectivity index (χ3v) is 5.20. The van der Waals surface area contributed by atoms with Crippen LogP contribution in [0.3, 0.4) is 0 Å². The quantitative estimate of drug-likeness (QED) is 0.784. The van der Waals surface area contributed by atoms with Crippen molar-refractivity contribution < 1.29 is 9.53 Å². The highest BCUT2D eigenvalue weighted by molar-refractivity contribution is 5.79. The number of methoxy groups -OCH3 is 1. The second-order valence-electron chi connectivity index (χ2n) is 7.79. The number of piperidine rings is 1. The molecule has 3 rings (SSSR count). The smallest absolute Gasteiger partial charge is 0.225 e. The van der Waals surface area contributed by atoms with Crippen LogP contribution < -0.4 is 9.64 Å². The van der Waals surface area contributed by atoms with Crippen molar-refractivity contribution in [3.63, 3.8) is 0 Å². The van der Waals surface area contributed by atoms with Crippen LogP contribution in [0.1, 0.15) is 44.8 Å². The Morgan fingerprint density at radius 1 is 1.21 bits per heavy atom. The fourth-order valence-electron chi connectivity index (χ4n) is 3.66. The van der Waals surface area contributed by atoms with Crippen LogP contribution >= 0.6 is 0 Å². The summed E-state index contributed by atoms with van der Waals surface area (Å²) in [6.07, 6.45) is 4.94. The maximum atomic E-state index is 12.9. The molecule has 0 saturated carbocycles. The number of amides is 1. The van der Waals surface area contributed by atoms with E-state index in [9.17, 15) is 4.79 Å². The number of benzene rings is 1. The van der Waals surface area contributed by atoms with E-state index in [1.807, 2.05) is 68.2 Å². The fourth-order valence-corrected chi connectivity index (χ4v) is 3.66. The summed E-state index contributed by atoms with van der Waals surface area (Å²) < 4.78 is 5.29. The second-order valence-corrected chi connectivity index (χ2v) is 7.79. The average molecular weight is 383 g/mol. The van der Waals surface area contributed by atoms with Crippen LogP contribution in [0.15, 0.2) is 30.5 Å². The summed E-state index contributed by atoms with van der Waals surface area (Å²) in [6, 6.07) is 7.90. The minimum Gasteiger partial charge on any atom is -0.497 e. The lowest BCUT2D eigenvalue weighted by Gasteiger charge is -2.37. The van der Waals surface area contributed by atoms with E-state index in [4.69, 9.17) is 9.72 Å². The van der Waals surface area contributed by atoms with Crippen LogP contribution in [-0.4, -0.2) is 48.5 Å². The lowest BCUT2D eigenvalue weighted by atomic mass is 9.93. The zero-order chi connectivity index (χ0) is 20.3. The molecule has 1 aromatic carbocycles. The molecule has 1 saturated heterocycles. The number of anilines is 1. The molecule has 0 unspecified atom stereocenters. The molecule has 0 radical (unpaired) electrons. The van der Waals surface area contributed by atoms with Crippen LogP contribution in [0.2, 0.25) is 0 Å². The van der Waals surface area contributed by atoms with Crippen LogP contribution in [-0.2, 0) is 4.79 Å². The molecule has 1 aliphatic rings. The normalized spacial score (nSPS) is 16.9. The summed E-state index contributed by atoms with van der Waals surface area (Å²) in [7, 11) is 5.53. The van der Waals surface area contributed by atoms with Gasteiger partial charge in [-0.2, -0.15) is 0 Å². The van der Waals surface area contributed by atoms with E-state index in [2.05, 4.69) is 4.98 Å². The van der Waals surface area contributed by atoms with Gasteiger partial charge in [0.15, 0.2) is 0 Å². The predicted octanol–water partition coefficient (Wildman–Crippen LogP) is 3.93. The second kappa shape index (κ2) is 8.59. The van der Waals surface area contributed by atoms with E-state index in [0.29, 0.717) is 5.95 Å². The molecule has 6 nitrogen and oxygen atoms in total. The van der Waals surface area contributed by atoms with Crippen molar-refractivity contribution in [2.75, 3.05) is 32.6 Å². The first-order chi connectivity index (χ1) is 13.4. The molecule has 2 aromatic rings.